The number of carbonyl (C=O) groups excluding carboxylic acids is 2. The van der Waals surface area contributed by atoms with Crippen molar-refractivity contribution in [2.75, 3.05) is 26.9 Å². The van der Waals surface area contributed by atoms with Crippen molar-refractivity contribution in [3.63, 3.8) is 0 Å². The lowest BCUT2D eigenvalue weighted by Crippen LogP contribution is -2.48. The van der Waals surface area contributed by atoms with Gasteiger partial charge in [-0.2, -0.15) is 0 Å². The van der Waals surface area contributed by atoms with E-state index in [0.29, 0.717) is 31.0 Å². The molecule has 120 valence electrons. The summed E-state index contributed by atoms with van der Waals surface area (Å²) < 4.78 is 10.2. The largest absolute Gasteiger partial charge is 0.463 e. The van der Waals surface area contributed by atoms with Gasteiger partial charge in [-0.05, 0) is 25.3 Å². The van der Waals surface area contributed by atoms with E-state index in [-0.39, 0.29) is 6.03 Å². The second kappa shape index (κ2) is 7.42. The topological polar surface area (TPSA) is 67.9 Å². The Bertz CT molecular complexity index is 568. The number of thiophene rings is 1. The third kappa shape index (κ3) is 3.31. The van der Waals surface area contributed by atoms with E-state index in [0.717, 1.165) is 4.88 Å². The molecule has 2 heterocycles. The normalized spacial score (nSPS) is 18.4. The lowest BCUT2D eigenvalue weighted by Gasteiger charge is -2.34. The van der Waals surface area contributed by atoms with Crippen molar-refractivity contribution in [3.8, 4) is 0 Å². The van der Waals surface area contributed by atoms with Crippen LogP contribution in [0.2, 0.25) is 0 Å². The highest BCUT2D eigenvalue weighted by atomic mass is 32.1. The number of nitrogens with zero attached hydrogens (tertiary/aromatic N) is 1. The van der Waals surface area contributed by atoms with Crippen molar-refractivity contribution in [1.29, 1.82) is 0 Å². The third-order valence-electron chi connectivity index (χ3n) is 3.44. The summed E-state index contributed by atoms with van der Waals surface area (Å²) in [6.45, 7) is 4.59. The van der Waals surface area contributed by atoms with Gasteiger partial charge in [-0.1, -0.05) is 6.07 Å². The van der Waals surface area contributed by atoms with Gasteiger partial charge in [-0.3, -0.25) is 4.90 Å². The van der Waals surface area contributed by atoms with E-state index < -0.39 is 12.0 Å². The van der Waals surface area contributed by atoms with E-state index in [1.165, 1.54) is 16.2 Å². The molecule has 0 fully saturated rings. The van der Waals surface area contributed by atoms with Gasteiger partial charge in [-0.15, -0.1) is 11.3 Å². The molecular weight excluding hydrogens is 304 g/mol. The molecule has 2 rings (SSSR count). The predicted molar refractivity (Wildman–Crippen MR) is 83.5 cm³/mol. The van der Waals surface area contributed by atoms with E-state index in [9.17, 15) is 9.59 Å². The first kappa shape index (κ1) is 16.5. The fourth-order valence-corrected chi connectivity index (χ4v) is 3.16. The molecule has 0 saturated carbocycles. The lowest BCUT2D eigenvalue weighted by atomic mass is 10.0. The number of ether oxygens (including phenoxy) is 2. The highest BCUT2D eigenvalue weighted by molar-refractivity contribution is 7.10. The van der Waals surface area contributed by atoms with Crippen molar-refractivity contribution >= 4 is 23.3 Å². The quantitative estimate of drug-likeness (QED) is 0.815. The van der Waals surface area contributed by atoms with Gasteiger partial charge in [0.05, 0.1) is 31.4 Å². The Hall–Kier alpha value is -1.86. The summed E-state index contributed by atoms with van der Waals surface area (Å²) in [5, 5.41) is 4.79. The van der Waals surface area contributed by atoms with Gasteiger partial charge in [0.1, 0.15) is 0 Å². The van der Waals surface area contributed by atoms with Crippen LogP contribution in [0, 0.1) is 0 Å². The Morgan fingerprint density at radius 2 is 2.27 bits per heavy atom. The van der Waals surface area contributed by atoms with Crippen LogP contribution in [0.25, 0.3) is 0 Å². The van der Waals surface area contributed by atoms with Gasteiger partial charge in [0, 0.05) is 17.7 Å². The SMILES string of the molecule is CCOC(=O)C1=C(C)N(CCOC)C(=O)N[C@@H]1c1cccs1. The van der Waals surface area contributed by atoms with E-state index >= 15 is 0 Å². The number of hydrogen-bond donors (Lipinski definition) is 1. The van der Waals surface area contributed by atoms with Gasteiger partial charge >= 0.3 is 12.0 Å². The maximum atomic E-state index is 12.4. The van der Waals surface area contributed by atoms with Gasteiger partial charge in [0.15, 0.2) is 0 Å². The Labute approximate surface area is 133 Å². The Balaban J connectivity index is 2.40. The first-order valence-corrected chi connectivity index (χ1v) is 7.96. The van der Waals surface area contributed by atoms with Crippen LogP contribution in [0.3, 0.4) is 0 Å². The summed E-state index contributed by atoms with van der Waals surface area (Å²) >= 11 is 1.49. The number of carbonyl (C=O) groups is 2. The van der Waals surface area contributed by atoms with Crippen LogP contribution in [-0.4, -0.2) is 43.8 Å². The number of amides is 2. The summed E-state index contributed by atoms with van der Waals surface area (Å²) in [4.78, 5) is 27.1. The molecule has 1 N–H and O–H groups in total. The fourth-order valence-electron chi connectivity index (χ4n) is 2.38. The molecule has 0 aromatic carbocycles. The van der Waals surface area contributed by atoms with Crippen molar-refractivity contribution in [2.45, 2.75) is 19.9 Å². The maximum Gasteiger partial charge on any atom is 0.338 e. The molecule has 2 amide bonds. The molecule has 0 aliphatic carbocycles. The molecule has 0 spiro atoms. The summed E-state index contributed by atoms with van der Waals surface area (Å²) in [5.41, 5.74) is 1.08. The highest BCUT2D eigenvalue weighted by Crippen LogP contribution is 2.33. The Morgan fingerprint density at radius 3 is 2.86 bits per heavy atom. The number of methoxy groups -OCH3 is 1. The van der Waals surface area contributed by atoms with Crippen molar-refractivity contribution in [3.05, 3.63) is 33.7 Å². The number of nitrogens with one attached hydrogen (secondary N) is 1. The summed E-state index contributed by atoms with van der Waals surface area (Å²) in [6, 6.07) is 3.08. The lowest BCUT2D eigenvalue weighted by molar-refractivity contribution is -0.139. The van der Waals surface area contributed by atoms with Crippen LogP contribution >= 0.6 is 11.3 Å². The molecule has 0 bridgehead atoms. The monoisotopic (exact) mass is 324 g/mol. The minimum atomic E-state index is -0.467. The molecule has 1 aliphatic heterocycles. The molecule has 22 heavy (non-hydrogen) atoms. The zero-order chi connectivity index (χ0) is 16.1. The first-order chi connectivity index (χ1) is 10.6. The van der Waals surface area contributed by atoms with Crippen LogP contribution < -0.4 is 5.32 Å². The number of esters is 1. The second-order valence-electron chi connectivity index (χ2n) is 4.76. The minimum absolute atomic E-state index is 0.235. The van der Waals surface area contributed by atoms with Crippen LogP contribution in [0.4, 0.5) is 4.79 Å². The van der Waals surface area contributed by atoms with Gasteiger partial charge < -0.3 is 14.8 Å². The molecule has 6 nitrogen and oxygen atoms in total. The smallest absolute Gasteiger partial charge is 0.338 e. The number of hydrogen-bond acceptors (Lipinski definition) is 5. The number of rotatable bonds is 6. The fraction of sp³-hybridized carbons (Fsp3) is 0.467. The molecule has 1 atom stereocenters. The van der Waals surface area contributed by atoms with Gasteiger partial charge in [0.25, 0.3) is 0 Å². The molecule has 0 unspecified atom stereocenters. The average Bonchev–Trinajstić information content (AvgIpc) is 3.00. The molecule has 0 saturated heterocycles. The standard InChI is InChI=1S/C15H20N2O4S/c1-4-21-14(18)12-10(2)17(7-8-20-3)15(19)16-13(12)11-6-5-9-22-11/h5-6,9,13H,4,7-8H2,1-3H3,(H,16,19)/t13-/m1/s1. The average molecular weight is 324 g/mol. The molecule has 7 heteroatoms. The Kier molecular flexibility index (Phi) is 5.57. The molecule has 1 aromatic rings. The van der Waals surface area contributed by atoms with Crippen molar-refractivity contribution in [1.82, 2.24) is 10.2 Å². The van der Waals surface area contributed by atoms with E-state index in [1.807, 2.05) is 17.5 Å². The van der Waals surface area contributed by atoms with Crippen LogP contribution in [0.15, 0.2) is 28.8 Å². The molecule has 0 radical (unpaired) electrons. The number of allylic oxidation sites excluding steroid dienone is 1. The minimum Gasteiger partial charge on any atom is -0.463 e. The van der Waals surface area contributed by atoms with Gasteiger partial charge in [-0.25, -0.2) is 9.59 Å². The molecule has 1 aliphatic rings. The second-order valence-corrected chi connectivity index (χ2v) is 5.74. The summed E-state index contributed by atoms with van der Waals surface area (Å²) in [5.74, 6) is -0.402. The Morgan fingerprint density at radius 1 is 1.50 bits per heavy atom. The first-order valence-electron chi connectivity index (χ1n) is 7.08. The highest BCUT2D eigenvalue weighted by Gasteiger charge is 2.36. The van der Waals surface area contributed by atoms with Crippen molar-refractivity contribution < 1.29 is 19.1 Å². The zero-order valence-corrected chi connectivity index (χ0v) is 13.7. The van der Waals surface area contributed by atoms with E-state index in [4.69, 9.17) is 9.47 Å². The zero-order valence-electron chi connectivity index (χ0n) is 12.9. The summed E-state index contributed by atoms with van der Waals surface area (Å²) in [7, 11) is 1.57. The van der Waals surface area contributed by atoms with Crippen LogP contribution in [0.5, 0.6) is 0 Å². The van der Waals surface area contributed by atoms with Crippen LogP contribution in [-0.2, 0) is 14.3 Å². The number of urea groups is 1. The molecular formula is C15H20N2O4S. The van der Waals surface area contributed by atoms with E-state index in [1.54, 1.807) is 21.0 Å². The van der Waals surface area contributed by atoms with Crippen molar-refractivity contribution in [2.24, 2.45) is 0 Å². The van der Waals surface area contributed by atoms with Crippen LogP contribution in [0.1, 0.15) is 24.8 Å². The third-order valence-corrected chi connectivity index (χ3v) is 4.38. The molecule has 1 aromatic heterocycles. The predicted octanol–water partition coefficient (Wildman–Crippen LogP) is 2.30. The van der Waals surface area contributed by atoms with E-state index in [2.05, 4.69) is 5.32 Å². The van der Waals surface area contributed by atoms with Gasteiger partial charge in [0.2, 0.25) is 0 Å². The summed E-state index contributed by atoms with van der Waals surface area (Å²) in [6.07, 6.45) is 0. The maximum absolute atomic E-state index is 12.4.